The van der Waals surface area contributed by atoms with Crippen molar-refractivity contribution in [1.82, 2.24) is 4.90 Å². The highest BCUT2D eigenvalue weighted by Crippen LogP contribution is 2.14. The summed E-state index contributed by atoms with van der Waals surface area (Å²) in [5.41, 5.74) is 5.88. The first-order valence-corrected chi connectivity index (χ1v) is 6.83. The van der Waals surface area contributed by atoms with E-state index in [1.807, 2.05) is 12.1 Å². The Hall–Kier alpha value is -0.800. The number of furan rings is 1. The number of nitrogens with zero attached hydrogens (tertiary/aromatic N) is 1. The zero-order valence-corrected chi connectivity index (χ0v) is 10.6. The van der Waals surface area contributed by atoms with E-state index >= 15 is 0 Å². The molecule has 1 aliphatic rings. The molecular formula is C14H24N2O. The van der Waals surface area contributed by atoms with E-state index in [1.54, 1.807) is 6.26 Å². The van der Waals surface area contributed by atoms with Gasteiger partial charge in [-0.15, -0.1) is 0 Å². The van der Waals surface area contributed by atoms with Gasteiger partial charge in [-0.25, -0.2) is 0 Å². The zero-order valence-electron chi connectivity index (χ0n) is 10.6. The summed E-state index contributed by atoms with van der Waals surface area (Å²) in [7, 11) is 0. The van der Waals surface area contributed by atoms with Crippen LogP contribution in [0, 0.1) is 5.92 Å². The van der Waals surface area contributed by atoms with Gasteiger partial charge in [-0.3, -0.25) is 0 Å². The smallest absolute Gasteiger partial charge is 0.104 e. The molecule has 1 aliphatic heterocycles. The molecule has 2 N–H and O–H groups in total. The van der Waals surface area contributed by atoms with Crippen molar-refractivity contribution in [2.24, 2.45) is 11.7 Å². The molecule has 0 aliphatic carbocycles. The van der Waals surface area contributed by atoms with Gasteiger partial charge in [0.2, 0.25) is 0 Å². The summed E-state index contributed by atoms with van der Waals surface area (Å²) in [6.45, 7) is 4.36. The van der Waals surface area contributed by atoms with E-state index in [4.69, 9.17) is 10.2 Å². The largest absolute Gasteiger partial charge is 0.469 e. The number of likely N-dealkylation sites (tertiary alicyclic amines) is 1. The van der Waals surface area contributed by atoms with Crippen LogP contribution >= 0.6 is 0 Å². The van der Waals surface area contributed by atoms with Gasteiger partial charge in [0.05, 0.1) is 6.26 Å². The van der Waals surface area contributed by atoms with Crippen LogP contribution in [0.15, 0.2) is 22.8 Å². The van der Waals surface area contributed by atoms with Crippen LogP contribution in [0.5, 0.6) is 0 Å². The first-order valence-electron chi connectivity index (χ1n) is 6.83. The van der Waals surface area contributed by atoms with Gasteiger partial charge in [-0.2, -0.15) is 0 Å². The molecule has 0 saturated carbocycles. The zero-order chi connectivity index (χ0) is 11.9. The second-order valence-electron chi connectivity index (χ2n) is 5.10. The lowest BCUT2D eigenvalue weighted by Crippen LogP contribution is -2.34. The minimum atomic E-state index is 0.527. The number of hydrogen-bond acceptors (Lipinski definition) is 3. The third-order valence-corrected chi connectivity index (χ3v) is 3.62. The maximum Gasteiger partial charge on any atom is 0.104 e. The van der Waals surface area contributed by atoms with Gasteiger partial charge >= 0.3 is 0 Å². The van der Waals surface area contributed by atoms with Crippen LogP contribution in [0.25, 0.3) is 0 Å². The fourth-order valence-electron chi connectivity index (χ4n) is 2.62. The summed E-state index contributed by atoms with van der Waals surface area (Å²) in [6, 6.07) is 4.00. The van der Waals surface area contributed by atoms with Gasteiger partial charge in [-0.1, -0.05) is 12.8 Å². The maximum absolute atomic E-state index is 5.88. The Balaban J connectivity index is 1.81. The summed E-state index contributed by atoms with van der Waals surface area (Å²) in [6.07, 6.45) is 8.19. The van der Waals surface area contributed by atoms with Crippen LogP contribution in [-0.2, 0) is 6.42 Å². The molecule has 1 saturated heterocycles. The molecule has 0 spiro atoms. The quantitative estimate of drug-likeness (QED) is 0.853. The van der Waals surface area contributed by atoms with Crippen molar-refractivity contribution < 1.29 is 4.42 Å². The topological polar surface area (TPSA) is 42.4 Å². The monoisotopic (exact) mass is 236 g/mol. The molecule has 3 nitrogen and oxygen atoms in total. The third-order valence-electron chi connectivity index (χ3n) is 3.62. The van der Waals surface area contributed by atoms with Crippen LogP contribution < -0.4 is 5.73 Å². The Morgan fingerprint density at radius 1 is 1.24 bits per heavy atom. The van der Waals surface area contributed by atoms with E-state index in [-0.39, 0.29) is 0 Å². The average Bonchev–Trinajstić information content (AvgIpc) is 2.71. The molecule has 96 valence electrons. The van der Waals surface area contributed by atoms with Crippen LogP contribution in [0.2, 0.25) is 0 Å². The van der Waals surface area contributed by atoms with Crippen LogP contribution in [0.1, 0.15) is 31.4 Å². The van der Waals surface area contributed by atoms with E-state index in [1.165, 1.54) is 38.8 Å². The van der Waals surface area contributed by atoms with Gasteiger partial charge in [0.1, 0.15) is 5.76 Å². The highest BCUT2D eigenvalue weighted by molar-refractivity contribution is 4.99. The minimum absolute atomic E-state index is 0.527. The molecule has 2 rings (SSSR count). The van der Waals surface area contributed by atoms with E-state index in [0.717, 1.165) is 25.3 Å². The number of rotatable bonds is 5. The molecule has 3 heteroatoms. The van der Waals surface area contributed by atoms with E-state index in [9.17, 15) is 0 Å². The Morgan fingerprint density at radius 3 is 2.59 bits per heavy atom. The fourth-order valence-corrected chi connectivity index (χ4v) is 2.62. The normalized spacial score (nSPS) is 20.1. The summed E-state index contributed by atoms with van der Waals surface area (Å²) in [5.74, 6) is 1.59. The molecule has 0 aromatic carbocycles. The van der Waals surface area contributed by atoms with Gasteiger partial charge in [0.25, 0.3) is 0 Å². The molecule has 0 radical (unpaired) electrons. The van der Waals surface area contributed by atoms with Crippen molar-refractivity contribution in [3.05, 3.63) is 24.2 Å². The van der Waals surface area contributed by atoms with Crippen molar-refractivity contribution in [2.75, 3.05) is 26.2 Å². The maximum atomic E-state index is 5.88. The second-order valence-corrected chi connectivity index (χ2v) is 5.10. The van der Waals surface area contributed by atoms with Gasteiger partial charge in [0.15, 0.2) is 0 Å². The van der Waals surface area contributed by atoms with Crippen molar-refractivity contribution in [3.63, 3.8) is 0 Å². The Bertz CT molecular complexity index is 289. The fraction of sp³-hybridized carbons (Fsp3) is 0.714. The molecule has 0 bridgehead atoms. The SMILES string of the molecule is NCC(Cc1ccco1)CN1CCCCCC1. The van der Waals surface area contributed by atoms with Crippen molar-refractivity contribution in [3.8, 4) is 0 Å². The predicted octanol–water partition coefficient (Wildman–Crippen LogP) is 2.27. The summed E-state index contributed by atoms with van der Waals surface area (Å²) < 4.78 is 5.41. The van der Waals surface area contributed by atoms with E-state index in [0.29, 0.717) is 5.92 Å². The minimum Gasteiger partial charge on any atom is -0.469 e. The third kappa shape index (κ3) is 4.17. The Kier molecular flexibility index (Phi) is 5.08. The van der Waals surface area contributed by atoms with Gasteiger partial charge in [0, 0.05) is 13.0 Å². The lowest BCUT2D eigenvalue weighted by molar-refractivity contribution is 0.235. The molecule has 1 aromatic rings. The lowest BCUT2D eigenvalue weighted by Gasteiger charge is -2.24. The molecule has 17 heavy (non-hydrogen) atoms. The van der Waals surface area contributed by atoms with E-state index in [2.05, 4.69) is 4.90 Å². The molecule has 1 fully saturated rings. The number of nitrogens with two attached hydrogens (primary N) is 1. The molecular weight excluding hydrogens is 212 g/mol. The van der Waals surface area contributed by atoms with Crippen LogP contribution in [0.4, 0.5) is 0 Å². The Morgan fingerprint density at radius 2 is 2.00 bits per heavy atom. The predicted molar refractivity (Wildman–Crippen MR) is 69.9 cm³/mol. The Labute approximate surface area is 104 Å². The highest BCUT2D eigenvalue weighted by Gasteiger charge is 2.16. The molecule has 2 heterocycles. The molecule has 1 aromatic heterocycles. The van der Waals surface area contributed by atoms with Gasteiger partial charge in [-0.05, 0) is 50.5 Å². The van der Waals surface area contributed by atoms with Crippen molar-refractivity contribution >= 4 is 0 Å². The first kappa shape index (κ1) is 12.7. The van der Waals surface area contributed by atoms with Crippen molar-refractivity contribution in [2.45, 2.75) is 32.1 Å². The first-order chi connectivity index (χ1) is 8.38. The van der Waals surface area contributed by atoms with Crippen LogP contribution in [-0.4, -0.2) is 31.1 Å². The highest BCUT2D eigenvalue weighted by atomic mass is 16.3. The van der Waals surface area contributed by atoms with Gasteiger partial charge < -0.3 is 15.1 Å². The second kappa shape index (κ2) is 6.82. The molecule has 1 unspecified atom stereocenters. The average molecular weight is 236 g/mol. The lowest BCUT2D eigenvalue weighted by atomic mass is 10.0. The molecule has 1 atom stereocenters. The molecule has 0 amide bonds. The summed E-state index contributed by atoms with van der Waals surface area (Å²) in [4.78, 5) is 2.58. The van der Waals surface area contributed by atoms with Crippen LogP contribution in [0.3, 0.4) is 0 Å². The van der Waals surface area contributed by atoms with E-state index < -0.39 is 0 Å². The van der Waals surface area contributed by atoms with Crippen molar-refractivity contribution in [1.29, 1.82) is 0 Å². The number of hydrogen-bond donors (Lipinski definition) is 1. The summed E-state index contributed by atoms with van der Waals surface area (Å²) in [5, 5.41) is 0. The standard InChI is InChI=1S/C14H24N2O/c15-11-13(10-14-6-5-9-17-14)12-16-7-3-1-2-4-8-16/h5-6,9,13H,1-4,7-8,10-12,15H2. The summed E-state index contributed by atoms with van der Waals surface area (Å²) >= 11 is 0.